The Balaban J connectivity index is 1.33. The maximum absolute atomic E-state index is 13.4. The van der Waals surface area contributed by atoms with Crippen LogP contribution in [0.3, 0.4) is 0 Å². The average molecular weight is 473 g/mol. The minimum atomic E-state index is -1.12. The number of carbonyl (C=O) groups is 4. The van der Waals surface area contributed by atoms with Gasteiger partial charge in [0.1, 0.15) is 6.04 Å². The molecule has 1 aliphatic heterocycles. The number of carbonyl (C=O) groups excluding carboxylic acids is 4. The maximum Gasteiger partial charge on any atom is 0.330 e. The van der Waals surface area contributed by atoms with Gasteiger partial charge in [0.05, 0.1) is 11.8 Å². The van der Waals surface area contributed by atoms with Gasteiger partial charge < -0.3 is 10.1 Å². The lowest BCUT2D eigenvalue weighted by molar-refractivity contribution is -0.160. The first kappa shape index (κ1) is 23.0. The first-order valence-electron chi connectivity index (χ1n) is 12.0. The third-order valence-electron chi connectivity index (χ3n) is 7.45. The topological polar surface area (TPSA) is 92.8 Å². The number of likely N-dealkylation sites (tertiary alicyclic amines) is 1. The Morgan fingerprint density at radius 2 is 1.54 bits per heavy atom. The van der Waals surface area contributed by atoms with E-state index in [0.717, 1.165) is 28.0 Å². The number of para-hydroxylation sites is 1. The Labute approximate surface area is 204 Å². The van der Waals surface area contributed by atoms with Crippen LogP contribution in [0.1, 0.15) is 23.1 Å². The predicted molar refractivity (Wildman–Crippen MR) is 129 cm³/mol. The SMILES string of the molecule is Cc1cccc(C)c1NC(=O)COC(=O)[C@H](Cc1ccccc1)N1C(=O)[C@H]2[C@H](C1=O)[C@H]1C=C[C@H]2C1. The summed E-state index contributed by atoms with van der Waals surface area (Å²) in [5.74, 6) is -2.58. The van der Waals surface area contributed by atoms with Gasteiger partial charge in [-0.1, -0.05) is 60.7 Å². The van der Waals surface area contributed by atoms with Crippen molar-refractivity contribution in [3.63, 3.8) is 0 Å². The molecule has 7 nitrogen and oxygen atoms in total. The van der Waals surface area contributed by atoms with Crippen molar-refractivity contribution in [2.45, 2.75) is 32.7 Å². The zero-order valence-electron chi connectivity index (χ0n) is 19.8. The molecule has 3 amide bonds. The van der Waals surface area contributed by atoms with Crippen LogP contribution >= 0.6 is 0 Å². The fourth-order valence-electron chi connectivity index (χ4n) is 5.77. The fraction of sp³-hybridized carbons (Fsp3) is 0.357. The number of imide groups is 1. The van der Waals surface area contributed by atoms with Crippen molar-refractivity contribution in [1.29, 1.82) is 0 Å². The van der Waals surface area contributed by atoms with Crippen LogP contribution in [0.25, 0.3) is 0 Å². The lowest BCUT2D eigenvalue weighted by atomic mass is 9.85. The molecule has 5 rings (SSSR count). The van der Waals surface area contributed by atoms with Crippen molar-refractivity contribution in [2.24, 2.45) is 23.7 Å². The van der Waals surface area contributed by atoms with Gasteiger partial charge in [-0.2, -0.15) is 0 Å². The van der Waals surface area contributed by atoms with Crippen LogP contribution in [0.5, 0.6) is 0 Å². The molecule has 7 heteroatoms. The minimum absolute atomic E-state index is 0.0444. The Morgan fingerprint density at radius 1 is 0.943 bits per heavy atom. The molecule has 1 heterocycles. The molecular formula is C28H28N2O5. The molecule has 0 unspecified atom stereocenters. The smallest absolute Gasteiger partial charge is 0.330 e. The molecule has 5 atom stereocenters. The van der Waals surface area contributed by atoms with Gasteiger partial charge >= 0.3 is 5.97 Å². The van der Waals surface area contributed by atoms with Gasteiger partial charge in [0.15, 0.2) is 6.61 Å². The first-order chi connectivity index (χ1) is 16.8. The van der Waals surface area contributed by atoms with Crippen molar-refractivity contribution >= 4 is 29.4 Å². The highest BCUT2D eigenvalue weighted by Crippen LogP contribution is 2.53. The number of anilines is 1. The van der Waals surface area contributed by atoms with Gasteiger partial charge in [0, 0.05) is 12.1 Å². The second kappa shape index (κ2) is 9.13. The van der Waals surface area contributed by atoms with Crippen molar-refractivity contribution in [3.05, 3.63) is 77.4 Å². The summed E-state index contributed by atoms with van der Waals surface area (Å²) in [5, 5.41) is 2.79. The molecule has 1 N–H and O–H groups in total. The van der Waals surface area contributed by atoms with E-state index in [1.165, 1.54) is 0 Å². The predicted octanol–water partition coefficient (Wildman–Crippen LogP) is 3.20. The number of hydrogen-bond acceptors (Lipinski definition) is 5. The Kier molecular flexibility index (Phi) is 6.01. The summed E-state index contributed by atoms with van der Waals surface area (Å²) in [5.41, 5.74) is 3.27. The zero-order valence-corrected chi connectivity index (χ0v) is 19.8. The van der Waals surface area contributed by atoms with E-state index in [1.54, 1.807) is 0 Å². The summed E-state index contributed by atoms with van der Waals surface area (Å²) >= 11 is 0. The molecule has 2 aromatic rings. The lowest BCUT2D eigenvalue weighted by Gasteiger charge is -2.26. The van der Waals surface area contributed by atoms with Crippen LogP contribution in [-0.4, -0.2) is 41.2 Å². The highest BCUT2D eigenvalue weighted by molar-refractivity contribution is 6.09. The summed E-state index contributed by atoms with van der Waals surface area (Å²) in [6, 6.07) is 13.8. The quantitative estimate of drug-likeness (QED) is 0.380. The molecule has 180 valence electrons. The van der Waals surface area contributed by atoms with Gasteiger partial charge in [-0.15, -0.1) is 0 Å². The number of esters is 1. The zero-order chi connectivity index (χ0) is 24.7. The number of nitrogens with one attached hydrogen (secondary N) is 1. The third kappa shape index (κ3) is 4.16. The molecule has 0 spiro atoms. The van der Waals surface area contributed by atoms with E-state index in [0.29, 0.717) is 5.69 Å². The van der Waals surface area contributed by atoms with E-state index in [4.69, 9.17) is 4.74 Å². The van der Waals surface area contributed by atoms with Crippen LogP contribution in [0.15, 0.2) is 60.7 Å². The molecule has 2 aromatic carbocycles. The standard InChI is InChI=1S/C28H28N2O5/c1-16-7-6-8-17(2)25(16)29-22(31)15-35-28(34)21(13-18-9-4-3-5-10-18)30-26(32)23-19-11-12-20(14-19)24(23)27(30)33/h3-12,19-21,23-24H,13-15H2,1-2H3,(H,29,31)/t19-,20-,21-,23+,24+/m0/s1. The average Bonchev–Trinajstić information content (AvgIpc) is 3.53. The lowest BCUT2D eigenvalue weighted by Crippen LogP contribution is -2.48. The van der Waals surface area contributed by atoms with Crippen LogP contribution in [0.4, 0.5) is 5.69 Å². The Bertz CT molecular complexity index is 1170. The fourth-order valence-corrected chi connectivity index (χ4v) is 5.77. The van der Waals surface area contributed by atoms with Gasteiger partial charge in [0.2, 0.25) is 11.8 Å². The minimum Gasteiger partial charge on any atom is -0.454 e. The number of benzene rings is 2. The summed E-state index contributed by atoms with van der Waals surface area (Å²) in [7, 11) is 0. The van der Waals surface area contributed by atoms with Crippen molar-refractivity contribution in [2.75, 3.05) is 11.9 Å². The van der Waals surface area contributed by atoms with Crippen molar-refractivity contribution in [1.82, 2.24) is 4.90 Å². The number of fused-ring (bicyclic) bond motifs is 5. The van der Waals surface area contributed by atoms with Crippen LogP contribution < -0.4 is 5.32 Å². The monoisotopic (exact) mass is 472 g/mol. The molecule has 35 heavy (non-hydrogen) atoms. The number of amides is 3. The molecule has 0 radical (unpaired) electrons. The summed E-state index contributed by atoms with van der Waals surface area (Å²) < 4.78 is 5.38. The second-order valence-electron chi connectivity index (χ2n) is 9.67. The molecule has 1 saturated heterocycles. The number of rotatable bonds is 7. The first-order valence-corrected chi connectivity index (χ1v) is 12.0. The van der Waals surface area contributed by atoms with Gasteiger partial charge in [-0.3, -0.25) is 19.3 Å². The van der Waals surface area contributed by atoms with E-state index in [1.807, 2.05) is 74.5 Å². The largest absolute Gasteiger partial charge is 0.454 e. The third-order valence-corrected chi connectivity index (χ3v) is 7.45. The van der Waals surface area contributed by atoms with Crippen molar-refractivity contribution < 1.29 is 23.9 Å². The van der Waals surface area contributed by atoms with E-state index < -0.39 is 36.4 Å². The van der Waals surface area contributed by atoms with Crippen LogP contribution in [0, 0.1) is 37.5 Å². The Morgan fingerprint density at radius 3 is 2.14 bits per heavy atom. The molecular weight excluding hydrogens is 444 g/mol. The van der Waals surface area contributed by atoms with E-state index in [2.05, 4.69) is 5.32 Å². The van der Waals surface area contributed by atoms with E-state index >= 15 is 0 Å². The van der Waals surface area contributed by atoms with Gasteiger partial charge in [0.25, 0.3) is 5.91 Å². The van der Waals surface area contributed by atoms with Gasteiger partial charge in [-0.05, 0) is 48.8 Å². The normalized spacial score (nSPS) is 25.0. The summed E-state index contributed by atoms with van der Waals surface area (Å²) in [4.78, 5) is 53.6. The molecule has 0 aromatic heterocycles. The number of allylic oxidation sites excluding steroid dienone is 2. The summed E-state index contributed by atoms with van der Waals surface area (Å²) in [6.07, 6.45) is 4.98. The Hall–Kier alpha value is -3.74. The number of nitrogens with zero attached hydrogens (tertiary/aromatic N) is 1. The molecule has 2 aliphatic carbocycles. The van der Waals surface area contributed by atoms with E-state index in [-0.39, 0.29) is 30.1 Å². The molecule has 2 bridgehead atoms. The molecule has 1 saturated carbocycles. The van der Waals surface area contributed by atoms with Gasteiger partial charge in [-0.25, -0.2) is 4.79 Å². The van der Waals surface area contributed by atoms with E-state index in [9.17, 15) is 19.2 Å². The van der Waals surface area contributed by atoms with Crippen LogP contribution in [0.2, 0.25) is 0 Å². The second-order valence-corrected chi connectivity index (χ2v) is 9.67. The number of aryl methyl sites for hydroxylation is 2. The summed E-state index contributed by atoms with van der Waals surface area (Å²) in [6.45, 7) is 3.26. The number of ether oxygens (including phenoxy) is 1. The highest BCUT2D eigenvalue weighted by atomic mass is 16.5. The number of hydrogen-bond donors (Lipinski definition) is 1. The molecule has 3 aliphatic rings. The maximum atomic E-state index is 13.4. The molecule has 2 fully saturated rings. The van der Waals surface area contributed by atoms with Crippen molar-refractivity contribution in [3.8, 4) is 0 Å². The highest BCUT2D eigenvalue weighted by Gasteiger charge is 2.61. The van der Waals surface area contributed by atoms with Crippen LogP contribution in [-0.2, 0) is 30.3 Å².